The lowest BCUT2D eigenvalue weighted by molar-refractivity contribution is -0.160. The third-order valence-corrected chi connectivity index (χ3v) is 1.93. The highest BCUT2D eigenvalue weighted by atomic mass is 16.6. The lowest BCUT2D eigenvalue weighted by atomic mass is 10.1. The molecular formula is C8H14O5. The minimum Gasteiger partial charge on any atom is -0.479 e. The molecule has 5 nitrogen and oxygen atoms in total. The number of carbonyl (C=O) groups is 1. The molecule has 1 heterocycles. The van der Waals surface area contributed by atoms with Crippen molar-refractivity contribution >= 4 is 5.97 Å². The Labute approximate surface area is 76.3 Å². The van der Waals surface area contributed by atoms with Crippen molar-refractivity contribution in [1.29, 1.82) is 0 Å². The Balaban J connectivity index is 2.40. The molecule has 1 rings (SSSR count). The topological polar surface area (TPSA) is 76.0 Å². The number of carboxylic acid groups (broad SMARTS) is 1. The normalized spacial score (nSPS) is 24.5. The Kier molecular flexibility index (Phi) is 4.14. The largest absolute Gasteiger partial charge is 0.479 e. The van der Waals surface area contributed by atoms with Crippen LogP contribution in [0.3, 0.4) is 0 Å². The molecule has 0 spiro atoms. The van der Waals surface area contributed by atoms with Crippen molar-refractivity contribution in [3.8, 4) is 0 Å². The zero-order chi connectivity index (χ0) is 9.68. The highest BCUT2D eigenvalue weighted by molar-refractivity contribution is 5.73. The first-order chi connectivity index (χ1) is 6.25. The average Bonchev–Trinajstić information content (AvgIpc) is 2.57. The molecule has 2 atom stereocenters. The molecule has 13 heavy (non-hydrogen) atoms. The van der Waals surface area contributed by atoms with Crippen molar-refractivity contribution in [3.63, 3.8) is 0 Å². The third kappa shape index (κ3) is 2.95. The van der Waals surface area contributed by atoms with Gasteiger partial charge in [0.1, 0.15) is 0 Å². The average molecular weight is 190 g/mol. The highest BCUT2D eigenvalue weighted by Crippen LogP contribution is 2.17. The van der Waals surface area contributed by atoms with Crippen LogP contribution in [0.4, 0.5) is 0 Å². The van der Waals surface area contributed by atoms with Crippen LogP contribution in [0.2, 0.25) is 0 Å². The summed E-state index contributed by atoms with van der Waals surface area (Å²) in [6.07, 6.45) is 0.290. The third-order valence-electron chi connectivity index (χ3n) is 1.93. The van der Waals surface area contributed by atoms with Crippen molar-refractivity contribution in [2.75, 3.05) is 19.8 Å². The molecule has 0 amide bonds. The predicted octanol–water partition coefficient (Wildman–Crippen LogP) is -0.373. The van der Waals surface area contributed by atoms with Crippen LogP contribution in [-0.4, -0.2) is 48.2 Å². The highest BCUT2D eigenvalue weighted by Gasteiger charge is 2.32. The fourth-order valence-electron chi connectivity index (χ4n) is 1.36. The van der Waals surface area contributed by atoms with E-state index in [9.17, 15) is 4.79 Å². The maximum atomic E-state index is 10.7. The van der Waals surface area contributed by atoms with E-state index < -0.39 is 12.1 Å². The van der Waals surface area contributed by atoms with Gasteiger partial charge in [0.2, 0.25) is 0 Å². The molecule has 0 bridgehead atoms. The fraction of sp³-hybridized carbons (Fsp3) is 0.875. The van der Waals surface area contributed by atoms with Gasteiger partial charge in [-0.15, -0.1) is 0 Å². The fourth-order valence-corrected chi connectivity index (χ4v) is 1.36. The predicted molar refractivity (Wildman–Crippen MR) is 43.4 cm³/mol. The van der Waals surface area contributed by atoms with E-state index >= 15 is 0 Å². The van der Waals surface area contributed by atoms with Crippen LogP contribution in [0.5, 0.6) is 0 Å². The summed E-state index contributed by atoms with van der Waals surface area (Å²) in [7, 11) is 0. The summed E-state index contributed by atoms with van der Waals surface area (Å²) in [5.41, 5.74) is 0. The quantitative estimate of drug-likeness (QED) is 0.618. The Morgan fingerprint density at radius 1 is 1.69 bits per heavy atom. The van der Waals surface area contributed by atoms with Crippen LogP contribution in [0.15, 0.2) is 0 Å². The van der Waals surface area contributed by atoms with E-state index in [1.807, 2.05) is 0 Å². The van der Waals surface area contributed by atoms with E-state index in [1.54, 1.807) is 0 Å². The van der Waals surface area contributed by atoms with E-state index in [4.69, 9.17) is 19.7 Å². The summed E-state index contributed by atoms with van der Waals surface area (Å²) in [6, 6.07) is 0. The van der Waals surface area contributed by atoms with Crippen LogP contribution in [0.25, 0.3) is 0 Å². The molecule has 0 aliphatic carbocycles. The van der Waals surface area contributed by atoms with Gasteiger partial charge in [-0.25, -0.2) is 4.79 Å². The van der Waals surface area contributed by atoms with Gasteiger partial charge in [0.15, 0.2) is 6.10 Å². The molecule has 5 heteroatoms. The molecule has 2 unspecified atom stereocenters. The molecule has 0 aromatic rings. The van der Waals surface area contributed by atoms with E-state index in [0.29, 0.717) is 13.0 Å². The lowest BCUT2D eigenvalue weighted by Gasteiger charge is -2.18. The SMILES string of the molecule is O=C(O)C(OCCO)C1CCCO1. The van der Waals surface area contributed by atoms with Crippen molar-refractivity contribution < 1.29 is 24.5 Å². The summed E-state index contributed by atoms with van der Waals surface area (Å²) < 4.78 is 10.1. The van der Waals surface area contributed by atoms with Gasteiger partial charge in [-0.3, -0.25) is 0 Å². The van der Waals surface area contributed by atoms with Crippen molar-refractivity contribution in [1.82, 2.24) is 0 Å². The van der Waals surface area contributed by atoms with Gasteiger partial charge in [-0.2, -0.15) is 0 Å². The van der Waals surface area contributed by atoms with Crippen LogP contribution in [0.1, 0.15) is 12.8 Å². The van der Waals surface area contributed by atoms with E-state index in [2.05, 4.69) is 0 Å². The first-order valence-electron chi connectivity index (χ1n) is 4.32. The summed E-state index contributed by atoms with van der Waals surface area (Å²) in [5.74, 6) is -1.03. The minimum absolute atomic E-state index is 0.0385. The molecule has 1 aliphatic heterocycles. The van der Waals surface area contributed by atoms with Crippen LogP contribution in [-0.2, 0) is 14.3 Å². The lowest BCUT2D eigenvalue weighted by Crippen LogP contribution is -2.36. The zero-order valence-corrected chi connectivity index (χ0v) is 7.31. The van der Waals surface area contributed by atoms with Gasteiger partial charge in [-0.05, 0) is 12.8 Å². The number of aliphatic hydroxyl groups is 1. The Morgan fingerprint density at radius 2 is 2.46 bits per heavy atom. The van der Waals surface area contributed by atoms with Gasteiger partial charge in [0.05, 0.1) is 19.3 Å². The van der Waals surface area contributed by atoms with E-state index in [0.717, 1.165) is 6.42 Å². The molecule has 0 aromatic carbocycles. The molecule has 0 radical (unpaired) electrons. The Hall–Kier alpha value is -0.650. The van der Waals surface area contributed by atoms with Crippen LogP contribution in [0, 0.1) is 0 Å². The number of hydrogen-bond donors (Lipinski definition) is 2. The van der Waals surface area contributed by atoms with Crippen molar-refractivity contribution in [2.45, 2.75) is 25.0 Å². The maximum absolute atomic E-state index is 10.7. The minimum atomic E-state index is -1.03. The summed E-state index contributed by atoms with van der Waals surface area (Å²) in [5, 5.41) is 17.3. The van der Waals surface area contributed by atoms with Crippen LogP contribution >= 0.6 is 0 Å². The zero-order valence-electron chi connectivity index (χ0n) is 7.31. The maximum Gasteiger partial charge on any atom is 0.335 e. The molecule has 0 saturated carbocycles. The monoisotopic (exact) mass is 190 g/mol. The van der Waals surface area contributed by atoms with Gasteiger partial charge in [0, 0.05) is 6.61 Å². The molecule has 1 saturated heterocycles. The molecule has 76 valence electrons. The summed E-state index contributed by atoms with van der Waals surface area (Å²) in [4.78, 5) is 10.7. The van der Waals surface area contributed by atoms with Gasteiger partial charge in [-0.1, -0.05) is 0 Å². The summed E-state index contributed by atoms with van der Waals surface area (Å²) >= 11 is 0. The second kappa shape index (κ2) is 5.16. The number of rotatable bonds is 5. The standard InChI is InChI=1S/C8H14O5/c9-3-5-13-7(8(10)11)6-2-1-4-12-6/h6-7,9H,1-5H2,(H,10,11). The van der Waals surface area contributed by atoms with Gasteiger partial charge in [0.25, 0.3) is 0 Å². The number of aliphatic carboxylic acids is 1. The van der Waals surface area contributed by atoms with E-state index in [-0.39, 0.29) is 19.3 Å². The summed E-state index contributed by atoms with van der Waals surface area (Å²) in [6.45, 7) is 0.463. The first-order valence-corrected chi connectivity index (χ1v) is 4.32. The van der Waals surface area contributed by atoms with Crippen molar-refractivity contribution in [2.24, 2.45) is 0 Å². The Morgan fingerprint density at radius 3 is 2.92 bits per heavy atom. The number of aliphatic hydroxyl groups excluding tert-OH is 1. The molecular weight excluding hydrogens is 176 g/mol. The number of carboxylic acids is 1. The van der Waals surface area contributed by atoms with Gasteiger partial charge < -0.3 is 19.7 Å². The van der Waals surface area contributed by atoms with E-state index in [1.165, 1.54) is 0 Å². The second-order valence-electron chi connectivity index (χ2n) is 2.90. The van der Waals surface area contributed by atoms with Gasteiger partial charge >= 0.3 is 5.97 Å². The Bertz CT molecular complexity index is 164. The number of ether oxygens (including phenoxy) is 2. The smallest absolute Gasteiger partial charge is 0.335 e. The molecule has 2 N–H and O–H groups in total. The van der Waals surface area contributed by atoms with Crippen molar-refractivity contribution in [3.05, 3.63) is 0 Å². The first kappa shape index (κ1) is 10.4. The number of hydrogen-bond acceptors (Lipinski definition) is 4. The van der Waals surface area contributed by atoms with Crippen LogP contribution < -0.4 is 0 Å². The second-order valence-corrected chi connectivity index (χ2v) is 2.90. The molecule has 1 aliphatic rings. The molecule has 1 fully saturated rings. The molecule has 0 aromatic heterocycles.